The fourth-order valence-corrected chi connectivity index (χ4v) is 2.73. The maximum atomic E-state index is 13.5. The van der Waals surface area contributed by atoms with Crippen LogP contribution in [0.3, 0.4) is 0 Å². The molecular formula is C17H19ClF3N3O6. The fraction of sp³-hybridized carbons (Fsp3) is 0.471. The molecule has 1 aliphatic rings. The van der Waals surface area contributed by atoms with Crippen LogP contribution >= 0.6 is 11.6 Å². The minimum atomic E-state index is -4.89. The summed E-state index contributed by atoms with van der Waals surface area (Å²) in [6, 6.07) is 1.36. The summed E-state index contributed by atoms with van der Waals surface area (Å²) in [7, 11) is 1.30. The predicted molar refractivity (Wildman–Crippen MR) is 97.2 cm³/mol. The molecule has 1 heterocycles. The molecule has 0 unspecified atom stereocenters. The minimum absolute atomic E-state index is 0.0322. The first-order valence-corrected chi connectivity index (χ1v) is 8.89. The predicted octanol–water partition coefficient (Wildman–Crippen LogP) is 2.90. The van der Waals surface area contributed by atoms with Crippen LogP contribution in [0.15, 0.2) is 16.9 Å². The molecule has 2 rings (SSSR count). The van der Waals surface area contributed by atoms with Crippen LogP contribution in [-0.4, -0.2) is 60.3 Å². The van der Waals surface area contributed by atoms with E-state index in [9.17, 15) is 23.2 Å². The van der Waals surface area contributed by atoms with Gasteiger partial charge in [0.05, 0.1) is 30.7 Å². The molecule has 1 N–H and O–H groups in total. The van der Waals surface area contributed by atoms with E-state index < -0.39 is 30.6 Å². The molecule has 1 atom stereocenters. The molecule has 0 aliphatic carbocycles. The van der Waals surface area contributed by atoms with Crippen LogP contribution in [0.5, 0.6) is 5.75 Å². The van der Waals surface area contributed by atoms with Crippen molar-refractivity contribution in [2.45, 2.75) is 26.1 Å². The molecule has 9 nitrogen and oxygen atoms in total. The average molecular weight is 454 g/mol. The van der Waals surface area contributed by atoms with Crippen LogP contribution in [0.1, 0.15) is 16.7 Å². The number of hydrogen-bond donors (Lipinski definition) is 1. The summed E-state index contributed by atoms with van der Waals surface area (Å²) in [4.78, 5) is 16.7. The number of likely N-dealkylation sites (N-methyl/N-ethyl adjacent to an activating group) is 1. The zero-order valence-corrected chi connectivity index (χ0v) is 17.0. The third-order valence-electron chi connectivity index (χ3n) is 4.14. The molecule has 1 aromatic carbocycles. The topological polar surface area (TPSA) is 107 Å². The highest BCUT2D eigenvalue weighted by Crippen LogP contribution is 2.41. The molecule has 1 aliphatic heterocycles. The number of carbonyl (C=O) groups excluding carboxylic acids is 1. The molecule has 13 heteroatoms. The van der Waals surface area contributed by atoms with E-state index in [-0.39, 0.29) is 29.4 Å². The lowest BCUT2D eigenvalue weighted by molar-refractivity contribution is -0.706. The summed E-state index contributed by atoms with van der Waals surface area (Å²) < 4.78 is 50.1. The number of alkyl halides is 3. The highest BCUT2D eigenvalue weighted by molar-refractivity contribution is 6.32. The van der Waals surface area contributed by atoms with Gasteiger partial charge in [0.15, 0.2) is 0 Å². The first-order valence-electron chi connectivity index (χ1n) is 8.51. The Labute approximate surface area is 174 Å². The molecule has 0 bridgehead atoms. The van der Waals surface area contributed by atoms with Gasteiger partial charge in [-0.1, -0.05) is 11.6 Å². The Balaban J connectivity index is 2.21. The largest absolute Gasteiger partial charge is 0.569 e. The lowest BCUT2D eigenvalue weighted by Crippen LogP contribution is -2.41. The van der Waals surface area contributed by atoms with Crippen LogP contribution in [0.4, 0.5) is 13.2 Å². The van der Waals surface area contributed by atoms with Crippen molar-refractivity contribution in [1.29, 1.82) is 0 Å². The van der Waals surface area contributed by atoms with E-state index in [2.05, 4.69) is 14.9 Å². The lowest BCUT2D eigenvalue weighted by atomic mass is 9.96. The van der Waals surface area contributed by atoms with Gasteiger partial charge >= 0.3 is 12.1 Å². The first-order chi connectivity index (χ1) is 14.0. The SMILES string of the molecule is Cc1cc2c(c(C)c1Cl)C=C(C(=O)OCO/N=[N+](\[O-])N(C)CCO)[C@@H](C(F)(F)F)O2. The number of halogens is 4. The van der Waals surface area contributed by atoms with Gasteiger partial charge in [-0.25, -0.2) is 4.79 Å². The number of rotatable bonds is 7. The number of aliphatic hydroxyl groups excluding tert-OH is 1. The van der Waals surface area contributed by atoms with Gasteiger partial charge in [0.25, 0.3) is 6.79 Å². The first kappa shape index (κ1) is 23.5. The molecule has 0 saturated carbocycles. The Morgan fingerprint density at radius 1 is 1.47 bits per heavy atom. The van der Waals surface area contributed by atoms with Crippen molar-refractivity contribution >= 4 is 23.6 Å². The normalized spacial score (nSPS) is 16.3. The summed E-state index contributed by atoms with van der Waals surface area (Å²) in [6.07, 6.45) is -6.44. The quantitative estimate of drug-likeness (QED) is 0.169. The van der Waals surface area contributed by atoms with E-state index in [0.29, 0.717) is 16.1 Å². The van der Waals surface area contributed by atoms with Crippen molar-refractivity contribution in [3.63, 3.8) is 0 Å². The standard InChI is InChI=1S/C17H19ClF3N3O6/c1-9-6-13-11(10(2)14(9)18)7-12(15(30-13)17(19,20)21)16(26)28-8-29-22-24(27)23(3)4-5-25/h6-7,15,25H,4-5,8H2,1-3H3/b24-22-/t15-/m0/s1. The van der Waals surface area contributed by atoms with Gasteiger partial charge in [-0.2, -0.15) is 13.2 Å². The number of aliphatic hydroxyl groups is 1. The van der Waals surface area contributed by atoms with E-state index >= 15 is 0 Å². The van der Waals surface area contributed by atoms with Crippen LogP contribution in [0, 0.1) is 19.1 Å². The number of ether oxygens (including phenoxy) is 2. The molecule has 0 aromatic heterocycles. The van der Waals surface area contributed by atoms with Crippen molar-refractivity contribution < 1.29 is 42.4 Å². The average Bonchev–Trinajstić information content (AvgIpc) is 2.67. The zero-order chi connectivity index (χ0) is 22.6. The Morgan fingerprint density at radius 2 is 2.13 bits per heavy atom. The number of carbonyl (C=O) groups is 1. The molecule has 0 fully saturated rings. The van der Waals surface area contributed by atoms with Crippen molar-refractivity contribution in [2.24, 2.45) is 5.28 Å². The smallest absolute Gasteiger partial charge is 0.430 e. The number of nitrogens with zero attached hydrogens (tertiary/aromatic N) is 3. The number of esters is 1. The van der Waals surface area contributed by atoms with Gasteiger partial charge in [0.2, 0.25) is 11.4 Å². The summed E-state index contributed by atoms with van der Waals surface area (Å²) >= 11 is 6.14. The third-order valence-corrected chi connectivity index (χ3v) is 4.72. The van der Waals surface area contributed by atoms with E-state index in [1.165, 1.54) is 13.1 Å². The van der Waals surface area contributed by atoms with Gasteiger partial charge in [-0.15, -0.1) is 5.01 Å². The number of fused-ring (bicyclic) bond motifs is 1. The van der Waals surface area contributed by atoms with Gasteiger partial charge in [-0.3, -0.25) is 0 Å². The molecule has 1 aromatic rings. The van der Waals surface area contributed by atoms with Crippen molar-refractivity contribution in [2.75, 3.05) is 27.0 Å². The van der Waals surface area contributed by atoms with Crippen LogP contribution in [0.25, 0.3) is 6.08 Å². The minimum Gasteiger partial charge on any atom is -0.569 e. The number of aryl methyl sites for hydroxylation is 1. The second kappa shape index (κ2) is 9.39. The molecule has 0 spiro atoms. The van der Waals surface area contributed by atoms with Crippen LogP contribution < -0.4 is 4.74 Å². The Kier molecular flexibility index (Phi) is 7.37. The second-order valence-corrected chi connectivity index (χ2v) is 6.68. The van der Waals surface area contributed by atoms with Crippen molar-refractivity contribution in [3.8, 4) is 5.75 Å². The molecule has 166 valence electrons. The number of hydrogen-bond acceptors (Lipinski definition) is 7. The lowest BCUT2D eigenvalue weighted by Gasteiger charge is -2.29. The van der Waals surface area contributed by atoms with Gasteiger partial charge < -0.3 is 24.6 Å². The van der Waals surface area contributed by atoms with E-state index in [4.69, 9.17) is 21.4 Å². The van der Waals surface area contributed by atoms with Gasteiger partial charge in [0, 0.05) is 10.6 Å². The van der Waals surface area contributed by atoms with Crippen LogP contribution in [0.2, 0.25) is 5.02 Å². The summed E-state index contributed by atoms with van der Waals surface area (Å²) in [5, 5.41) is 24.4. The zero-order valence-electron chi connectivity index (χ0n) is 16.2. The fourth-order valence-electron chi connectivity index (χ4n) is 2.57. The highest BCUT2D eigenvalue weighted by atomic mass is 35.5. The van der Waals surface area contributed by atoms with E-state index in [1.807, 2.05) is 0 Å². The Hall–Kier alpha value is -2.73. The van der Waals surface area contributed by atoms with E-state index in [0.717, 1.165) is 11.1 Å². The second-order valence-electron chi connectivity index (χ2n) is 6.30. The monoisotopic (exact) mass is 453 g/mol. The van der Waals surface area contributed by atoms with Crippen LogP contribution in [-0.2, 0) is 14.4 Å². The Morgan fingerprint density at radius 3 is 2.73 bits per heavy atom. The molecule has 30 heavy (non-hydrogen) atoms. The molecule has 0 saturated heterocycles. The Bertz CT molecular complexity index is 875. The van der Waals surface area contributed by atoms with Gasteiger partial charge in [-0.05, 0) is 37.1 Å². The van der Waals surface area contributed by atoms with Crippen molar-refractivity contribution in [1.82, 2.24) is 5.01 Å². The number of benzene rings is 1. The molecule has 0 radical (unpaired) electrons. The van der Waals surface area contributed by atoms with E-state index in [1.54, 1.807) is 13.8 Å². The maximum absolute atomic E-state index is 13.5. The number of hydrazine groups is 1. The molecular weight excluding hydrogens is 435 g/mol. The third kappa shape index (κ3) is 5.25. The summed E-state index contributed by atoms with van der Waals surface area (Å²) in [5.41, 5.74) is 0.382. The maximum Gasteiger partial charge on any atom is 0.430 e. The summed E-state index contributed by atoms with van der Waals surface area (Å²) in [5.74, 6) is -1.43. The molecule has 0 amide bonds. The van der Waals surface area contributed by atoms with Crippen molar-refractivity contribution in [3.05, 3.63) is 38.6 Å². The van der Waals surface area contributed by atoms with Gasteiger partial charge in [0.1, 0.15) is 5.75 Å². The summed E-state index contributed by atoms with van der Waals surface area (Å²) in [6.45, 7) is 1.91. The highest BCUT2D eigenvalue weighted by Gasteiger charge is 2.49.